The van der Waals surface area contributed by atoms with Gasteiger partial charge in [0.2, 0.25) is 0 Å². The van der Waals surface area contributed by atoms with Crippen LogP contribution in [0.25, 0.3) is 0 Å². The molecule has 0 bridgehead atoms. The molecule has 0 aromatic carbocycles. The highest BCUT2D eigenvalue weighted by Crippen LogP contribution is 2.25. The fourth-order valence-corrected chi connectivity index (χ4v) is 1.53. The normalized spacial score (nSPS) is 12.1. The molecular weight excluding hydrogens is 184 g/mol. The second-order valence-corrected chi connectivity index (χ2v) is 5.33. The molecule has 0 saturated carbocycles. The van der Waals surface area contributed by atoms with Crippen molar-refractivity contribution in [3.05, 3.63) is 30.1 Å². The maximum Gasteiger partial charge on any atom is 0.0681 e. The van der Waals surface area contributed by atoms with E-state index in [1.807, 2.05) is 6.08 Å². The summed E-state index contributed by atoms with van der Waals surface area (Å²) in [5.74, 6) is 0.508. The van der Waals surface area contributed by atoms with Gasteiger partial charge in [0, 0.05) is 11.1 Å². The first-order valence-electron chi connectivity index (χ1n) is 5.55. The molecule has 0 aliphatic rings. The second-order valence-electron chi connectivity index (χ2n) is 5.33. The fraction of sp³-hybridized carbons (Fsp3) is 0.615. The number of hydrogen-bond acceptors (Lipinski definition) is 1. The predicted octanol–water partition coefficient (Wildman–Crippen LogP) is 3.49. The van der Waals surface area contributed by atoms with Crippen molar-refractivity contribution in [1.82, 2.24) is 9.78 Å². The molecule has 1 rings (SSSR count). The molecule has 1 aromatic heterocycles. The molecule has 0 atom stereocenters. The Kier molecular flexibility index (Phi) is 3.38. The summed E-state index contributed by atoms with van der Waals surface area (Å²) in [6.45, 7) is 15.5. The van der Waals surface area contributed by atoms with Crippen molar-refractivity contribution < 1.29 is 0 Å². The van der Waals surface area contributed by atoms with Gasteiger partial charge in [-0.05, 0) is 12.0 Å². The largest absolute Gasteiger partial charge is 0.265 e. The second kappa shape index (κ2) is 4.21. The zero-order chi connectivity index (χ0) is 11.6. The van der Waals surface area contributed by atoms with Gasteiger partial charge in [-0.1, -0.05) is 40.7 Å². The molecule has 0 radical (unpaired) electrons. The van der Waals surface area contributed by atoms with Crippen LogP contribution in [0.1, 0.15) is 51.9 Å². The van der Waals surface area contributed by atoms with Crippen molar-refractivity contribution in [2.24, 2.45) is 0 Å². The topological polar surface area (TPSA) is 17.8 Å². The third-order valence-corrected chi connectivity index (χ3v) is 2.47. The summed E-state index contributed by atoms with van der Waals surface area (Å²) in [4.78, 5) is 0. The lowest BCUT2D eigenvalue weighted by atomic mass is 9.92. The van der Waals surface area contributed by atoms with Crippen molar-refractivity contribution in [1.29, 1.82) is 0 Å². The van der Waals surface area contributed by atoms with Gasteiger partial charge in [0.1, 0.15) is 0 Å². The van der Waals surface area contributed by atoms with Crippen molar-refractivity contribution in [2.45, 2.75) is 52.5 Å². The standard InChI is InChI=1S/C13H22N2/c1-7-8-15-11(10(2)3)9-12(14-15)13(4,5)6/h7,9-10H,1,8H2,2-6H3. The van der Waals surface area contributed by atoms with E-state index in [2.05, 4.69) is 57.0 Å². The summed E-state index contributed by atoms with van der Waals surface area (Å²) in [6, 6.07) is 2.22. The van der Waals surface area contributed by atoms with Crippen molar-refractivity contribution in [3.8, 4) is 0 Å². The number of hydrogen-bond donors (Lipinski definition) is 0. The minimum absolute atomic E-state index is 0.121. The van der Waals surface area contributed by atoms with E-state index >= 15 is 0 Å². The summed E-state index contributed by atoms with van der Waals surface area (Å²) < 4.78 is 2.05. The van der Waals surface area contributed by atoms with Crippen LogP contribution >= 0.6 is 0 Å². The molecule has 0 unspecified atom stereocenters. The smallest absolute Gasteiger partial charge is 0.0681 e. The van der Waals surface area contributed by atoms with Crippen LogP contribution in [-0.4, -0.2) is 9.78 Å². The molecule has 0 fully saturated rings. The van der Waals surface area contributed by atoms with Crippen LogP contribution in [0.4, 0.5) is 0 Å². The Morgan fingerprint density at radius 1 is 1.47 bits per heavy atom. The Labute approximate surface area is 93.0 Å². The maximum atomic E-state index is 4.64. The summed E-state index contributed by atoms with van der Waals surface area (Å²) in [5.41, 5.74) is 2.57. The van der Waals surface area contributed by atoms with Crippen LogP contribution < -0.4 is 0 Å². The van der Waals surface area contributed by atoms with Gasteiger partial charge in [0.25, 0.3) is 0 Å². The molecule has 1 aromatic rings. The van der Waals surface area contributed by atoms with Crippen molar-refractivity contribution >= 4 is 0 Å². The Morgan fingerprint density at radius 3 is 2.47 bits per heavy atom. The van der Waals surface area contributed by atoms with Crippen LogP contribution in [0.2, 0.25) is 0 Å². The minimum atomic E-state index is 0.121. The average molecular weight is 206 g/mol. The van der Waals surface area contributed by atoms with Crippen LogP contribution in [0.5, 0.6) is 0 Å². The highest BCUT2D eigenvalue weighted by Gasteiger charge is 2.20. The summed E-state index contributed by atoms with van der Waals surface area (Å²) in [7, 11) is 0. The van der Waals surface area contributed by atoms with E-state index in [-0.39, 0.29) is 5.41 Å². The Morgan fingerprint density at radius 2 is 2.07 bits per heavy atom. The molecule has 2 nitrogen and oxygen atoms in total. The van der Waals surface area contributed by atoms with E-state index in [4.69, 9.17) is 0 Å². The monoisotopic (exact) mass is 206 g/mol. The molecule has 15 heavy (non-hydrogen) atoms. The first kappa shape index (κ1) is 12.0. The van der Waals surface area contributed by atoms with E-state index in [0.717, 1.165) is 12.2 Å². The molecule has 0 saturated heterocycles. The Bertz CT molecular complexity index is 340. The van der Waals surface area contributed by atoms with Crippen molar-refractivity contribution in [3.63, 3.8) is 0 Å². The lowest BCUT2D eigenvalue weighted by molar-refractivity contribution is 0.541. The van der Waals surface area contributed by atoms with Gasteiger partial charge in [-0.2, -0.15) is 5.10 Å². The molecule has 0 N–H and O–H groups in total. The molecule has 0 aliphatic heterocycles. The van der Waals surface area contributed by atoms with Gasteiger partial charge in [-0.25, -0.2) is 0 Å². The molecular formula is C13H22N2. The lowest BCUT2D eigenvalue weighted by Crippen LogP contribution is -2.12. The Hall–Kier alpha value is -1.05. The van der Waals surface area contributed by atoms with Gasteiger partial charge in [0.15, 0.2) is 0 Å². The molecule has 0 amide bonds. The third kappa shape index (κ3) is 2.71. The van der Waals surface area contributed by atoms with Gasteiger partial charge in [0.05, 0.1) is 12.2 Å². The SMILES string of the molecule is C=CCn1nc(C(C)(C)C)cc1C(C)C. The summed E-state index contributed by atoms with van der Waals surface area (Å²) in [5, 5.41) is 4.64. The van der Waals surface area contributed by atoms with Crippen molar-refractivity contribution in [2.75, 3.05) is 0 Å². The molecule has 84 valence electrons. The molecule has 2 heteroatoms. The third-order valence-electron chi connectivity index (χ3n) is 2.47. The summed E-state index contributed by atoms with van der Waals surface area (Å²) >= 11 is 0. The van der Waals surface area contributed by atoms with E-state index in [9.17, 15) is 0 Å². The predicted molar refractivity (Wildman–Crippen MR) is 65.2 cm³/mol. The van der Waals surface area contributed by atoms with Crippen LogP contribution in [-0.2, 0) is 12.0 Å². The zero-order valence-electron chi connectivity index (χ0n) is 10.5. The summed E-state index contributed by atoms with van der Waals surface area (Å²) in [6.07, 6.45) is 1.89. The van der Waals surface area contributed by atoms with Gasteiger partial charge in [-0.3, -0.25) is 4.68 Å². The number of aromatic nitrogens is 2. The lowest BCUT2D eigenvalue weighted by Gasteiger charge is -2.14. The first-order valence-corrected chi connectivity index (χ1v) is 5.55. The number of rotatable bonds is 3. The average Bonchev–Trinajstić information content (AvgIpc) is 2.48. The Balaban J connectivity index is 3.14. The number of allylic oxidation sites excluding steroid dienone is 1. The maximum absolute atomic E-state index is 4.64. The molecule has 1 heterocycles. The van der Waals surface area contributed by atoms with Gasteiger partial charge >= 0.3 is 0 Å². The quantitative estimate of drug-likeness (QED) is 0.692. The highest BCUT2D eigenvalue weighted by atomic mass is 15.3. The van der Waals surface area contributed by atoms with E-state index in [0.29, 0.717) is 5.92 Å². The first-order chi connectivity index (χ1) is 6.86. The highest BCUT2D eigenvalue weighted by molar-refractivity contribution is 5.20. The minimum Gasteiger partial charge on any atom is -0.265 e. The molecule has 0 aliphatic carbocycles. The fourth-order valence-electron chi connectivity index (χ4n) is 1.53. The van der Waals surface area contributed by atoms with Gasteiger partial charge < -0.3 is 0 Å². The van der Waals surface area contributed by atoms with Crippen LogP contribution in [0.3, 0.4) is 0 Å². The van der Waals surface area contributed by atoms with Gasteiger partial charge in [-0.15, -0.1) is 6.58 Å². The van der Waals surface area contributed by atoms with Crippen LogP contribution in [0.15, 0.2) is 18.7 Å². The number of nitrogens with zero attached hydrogens (tertiary/aromatic N) is 2. The van der Waals surface area contributed by atoms with E-state index in [1.165, 1.54) is 5.69 Å². The van der Waals surface area contributed by atoms with E-state index < -0.39 is 0 Å². The van der Waals surface area contributed by atoms with E-state index in [1.54, 1.807) is 0 Å². The molecule has 0 spiro atoms. The zero-order valence-corrected chi connectivity index (χ0v) is 10.5. The van der Waals surface area contributed by atoms with Crippen LogP contribution in [0, 0.1) is 0 Å².